The first-order chi connectivity index (χ1) is 12.5. The summed E-state index contributed by atoms with van der Waals surface area (Å²) in [6, 6.07) is 13.2. The van der Waals surface area contributed by atoms with Crippen molar-refractivity contribution >= 4 is 62.4 Å². The monoisotopic (exact) mass is 677 g/mol. The molecule has 4 N–H and O–H groups in total. The molecule has 0 aliphatic rings. The molecule has 2 rings (SSSR count). The van der Waals surface area contributed by atoms with Crippen molar-refractivity contribution in [1.82, 2.24) is 8.48 Å². The van der Waals surface area contributed by atoms with Crippen molar-refractivity contribution in [3.05, 3.63) is 59.7 Å². The summed E-state index contributed by atoms with van der Waals surface area (Å²) in [6.07, 6.45) is 0. The first kappa shape index (κ1) is 27.1. The summed E-state index contributed by atoms with van der Waals surface area (Å²) in [4.78, 5) is 0.561. The molecule has 2 aromatic carbocycles. The van der Waals surface area contributed by atoms with Crippen LogP contribution in [0.15, 0.2) is 58.3 Å². The molecular weight excluding hydrogens is 661 g/mol. The second-order valence-corrected chi connectivity index (χ2v) is 12.4. The molecule has 0 aliphatic carbocycles. The first-order valence-corrected chi connectivity index (χ1v) is 16.2. The van der Waals surface area contributed by atoms with E-state index in [2.05, 4.69) is 0 Å². The molecule has 2 unspecified atom stereocenters. The number of aryl methyl sites for hydroxylation is 2. The van der Waals surface area contributed by atoms with Crippen molar-refractivity contribution in [2.75, 3.05) is 0 Å². The molecule has 0 bridgehead atoms. The van der Waals surface area contributed by atoms with E-state index < -0.39 is 36.5 Å². The molecule has 6 nitrogen and oxygen atoms in total. The van der Waals surface area contributed by atoms with Crippen molar-refractivity contribution in [3.8, 4) is 0 Å². The van der Waals surface area contributed by atoms with Gasteiger partial charge in [0.15, 0.2) is 0 Å². The summed E-state index contributed by atoms with van der Waals surface area (Å²) in [5.74, 6) is 0. The van der Waals surface area contributed by atoms with E-state index in [0.717, 1.165) is 11.1 Å². The van der Waals surface area contributed by atoms with Gasteiger partial charge in [-0.25, -0.2) is 8.42 Å². The van der Waals surface area contributed by atoms with E-state index in [-0.39, 0.29) is 9.79 Å². The van der Waals surface area contributed by atoms with E-state index >= 15 is 0 Å². The van der Waals surface area contributed by atoms with Gasteiger partial charge in [-0.05, 0) is 61.7 Å². The predicted molar refractivity (Wildman–Crippen MR) is 109 cm³/mol. The van der Waals surface area contributed by atoms with Crippen LogP contribution in [0.1, 0.15) is 11.1 Å². The van der Waals surface area contributed by atoms with Crippen LogP contribution >= 0.6 is 42.4 Å². The number of hydrogen-bond acceptors (Lipinski definition) is 2. The third kappa shape index (κ3) is 10.4. The molecule has 2 aromatic rings. The Kier molecular flexibility index (Phi) is 13.4. The van der Waals surface area contributed by atoms with Gasteiger partial charge in [0, 0.05) is 0 Å². The summed E-state index contributed by atoms with van der Waals surface area (Å²) >= 11 is 9.71. The van der Waals surface area contributed by atoms with Gasteiger partial charge in [0.05, 0.1) is 0 Å². The van der Waals surface area contributed by atoms with Gasteiger partial charge in [-0.3, -0.25) is 0 Å². The van der Waals surface area contributed by atoms with Crippen molar-refractivity contribution in [2.24, 2.45) is 0 Å². The quantitative estimate of drug-likeness (QED) is 0.367. The van der Waals surface area contributed by atoms with E-state index in [9.17, 15) is 16.8 Å². The third-order valence-corrected chi connectivity index (χ3v) is 6.39. The number of rotatable bonds is 4. The van der Waals surface area contributed by atoms with Gasteiger partial charge in [-0.1, -0.05) is 43.9 Å². The van der Waals surface area contributed by atoms with Gasteiger partial charge in [0.25, 0.3) is 0 Å². The Morgan fingerprint density at radius 1 is 0.741 bits per heavy atom. The maximum atomic E-state index is 11.2. The standard InChI is InChI=1S/2C7H8ClNO2S.2ClH.Pt/c2*1-6-2-4-7(5-3-6)12(10,11)9-8;;;/h2*2-5H,1H3,(H,9,10,11);2*1H;/q;;;;+2. The molecule has 0 radical (unpaired) electrons. The van der Waals surface area contributed by atoms with E-state index in [0.29, 0.717) is 0 Å². The van der Waals surface area contributed by atoms with Crippen LogP contribution in [0.2, 0.25) is 0 Å². The molecule has 0 spiro atoms. The molecule has 0 fully saturated rings. The molecule has 0 aliphatic heterocycles. The van der Waals surface area contributed by atoms with Crippen LogP contribution in [0, 0.1) is 13.8 Å². The summed E-state index contributed by atoms with van der Waals surface area (Å²) in [7, 11) is 3.25. The van der Waals surface area contributed by atoms with Crippen LogP contribution in [-0.2, 0) is 36.5 Å². The summed E-state index contributed by atoms with van der Waals surface area (Å²) in [5.41, 5.74) is 2.06. The van der Waals surface area contributed by atoms with E-state index in [1.54, 1.807) is 48.5 Å². The second-order valence-electron chi connectivity index (χ2n) is 4.88. The molecular formula is C14H18Cl4N2O4PtS2+2. The van der Waals surface area contributed by atoms with Crippen molar-refractivity contribution in [2.45, 2.75) is 23.6 Å². The minimum absolute atomic E-state index is 0.281. The molecule has 27 heavy (non-hydrogen) atoms. The maximum absolute atomic E-state index is 11.2. The Morgan fingerprint density at radius 2 is 0.963 bits per heavy atom. The Balaban J connectivity index is 0.000000438. The normalized spacial score (nSPS) is 14.6. The molecule has 13 heteroatoms. The zero-order valence-electron chi connectivity index (χ0n) is 14.0. The second kappa shape index (κ2) is 13.4. The van der Waals surface area contributed by atoms with Crippen LogP contribution in [0.5, 0.6) is 0 Å². The Bertz CT molecular complexity index is 818. The fourth-order valence-electron chi connectivity index (χ4n) is 1.53. The predicted octanol–water partition coefficient (Wildman–Crippen LogP) is 4.54. The average molecular weight is 679 g/mol. The third-order valence-electron chi connectivity index (χ3n) is 2.89. The van der Waals surface area contributed by atoms with Gasteiger partial charge >= 0.3 is 55.4 Å². The van der Waals surface area contributed by atoms with Gasteiger partial charge in [0.1, 0.15) is 9.79 Å². The molecule has 0 saturated carbocycles. The molecule has 0 amide bonds. The zero-order chi connectivity index (χ0) is 21.1. The van der Waals surface area contributed by atoms with Crippen molar-refractivity contribution < 1.29 is 33.3 Å². The molecule has 156 valence electrons. The average Bonchev–Trinajstić information content (AvgIpc) is 2.64. The number of benzene rings is 2. The van der Waals surface area contributed by atoms with E-state index in [1.807, 2.05) is 22.3 Å². The van der Waals surface area contributed by atoms with E-state index in [4.69, 9.17) is 42.4 Å². The van der Waals surface area contributed by atoms with Gasteiger partial charge in [-0.15, -0.1) is 0 Å². The molecule has 0 saturated heterocycles. The van der Waals surface area contributed by atoms with Crippen LogP contribution in [0.4, 0.5) is 0 Å². The van der Waals surface area contributed by atoms with Crippen LogP contribution < -0.4 is 8.48 Å². The van der Waals surface area contributed by atoms with Crippen LogP contribution in [0.25, 0.3) is 0 Å². The summed E-state index contributed by atoms with van der Waals surface area (Å²) in [6.45, 7) is 3.80. The summed E-state index contributed by atoms with van der Waals surface area (Å²) in [5, 5.41) is 0. The topological polar surface area (TPSA) is 101 Å². The fraction of sp³-hybridized carbons (Fsp3) is 0.143. The Labute approximate surface area is 186 Å². The SMILES string of the molecule is Cc1ccc(S(=O)(=[OH+])NCl)cc1.Cc1ccc(S(=O)(=[OH+])NCl)cc1.[Cl][Pt][Cl]. The van der Waals surface area contributed by atoms with E-state index in [1.165, 1.54) is 0 Å². The van der Waals surface area contributed by atoms with Crippen LogP contribution in [0.3, 0.4) is 0 Å². The number of halogens is 4. The first-order valence-electron chi connectivity index (χ1n) is 6.77. The molecule has 0 aromatic heterocycles. The zero-order valence-corrected chi connectivity index (χ0v) is 20.9. The van der Waals surface area contributed by atoms with Gasteiger partial charge < -0.3 is 0 Å². The Hall–Kier alpha value is 0.108. The number of nitrogens with one attached hydrogen (secondary N) is 2. The van der Waals surface area contributed by atoms with Crippen molar-refractivity contribution in [3.63, 3.8) is 0 Å². The van der Waals surface area contributed by atoms with Gasteiger partial charge in [-0.2, -0.15) is 8.42 Å². The van der Waals surface area contributed by atoms with Gasteiger partial charge in [0.2, 0.25) is 0 Å². The molecule has 0 heterocycles. The number of hydrogen-bond donors (Lipinski definition) is 2. The summed E-state index contributed by atoms with van der Waals surface area (Å²) < 4.78 is 44.4. The van der Waals surface area contributed by atoms with Crippen molar-refractivity contribution in [1.29, 1.82) is 0 Å². The molecule has 2 atom stereocenters. The minimum atomic E-state index is -3.25. The Morgan fingerprint density at radius 3 is 1.15 bits per heavy atom. The fourth-order valence-corrected chi connectivity index (χ4v) is 3.26. The van der Waals surface area contributed by atoms with Crippen LogP contribution in [-0.4, -0.2) is 16.8 Å².